The summed E-state index contributed by atoms with van der Waals surface area (Å²) in [6.45, 7) is 4.97. The fourth-order valence-corrected chi connectivity index (χ4v) is 3.94. The molecule has 1 saturated heterocycles. The number of likely N-dealkylation sites (N-methyl/N-ethyl adjacent to an activating group) is 1. The molecule has 7 heteroatoms. The second-order valence-electron chi connectivity index (χ2n) is 5.37. The number of nitrogens with zero attached hydrogens (tertiary/aromatic N) is 3. The molecule has 1 aliphatic rings. The summed E-state index contributed by atoms with van der Waals surface area (Å²) < 4.78 is 0. The lowest BCUT2D eigenvalue weighted by atomic mass is 10.2. The van der Waals surface area contributed by atoms with Crippen molar-refractivity contribution >= 4 is 27.9 Å². The van der Waals surface area contributed by atoms with Crippen molar-refractivity contribution in [2.45, 2.75) is 19.4 Å². The van der Waals surface area contributed by atoms with Gasteiger partial charge in [-0.25, -0.2) is 0 Å². The Morgan fingerprint density at radius 2 is 2.24 bits per heavy atom. The highest BCUT2D eigenvalue weighted by Gasteiger charge is 2.28. The predicted molar refractivity (Wildman–Crippen MR) is 85.8 cm³/mol. The first-order valence-electron chi connectivity index (χ1n) is 6.99. The van der Waals surface area contributed by atoms with E-state index in [-0.39, 0.29) is 11.9 Å². The van der Waals surface area contributed by atoms with Crippen molar-refractivity contribution in [1.29, 1.82) is 5.26 Å². The van der Waals surface area contributed by atoms with Gasteiger partial charge in [-0.2, -0.15) is 5.26 Å². The summed E-state index contributed by atoms with van der Waals surface area (Å²) in [5.41, 5.74) is 6.72. The van der Waals surface area contributed by atoms with Gasteiger partial charge in [0, 0.05) is 26.2 Å². The van der Waals surface area contributed by atoms with E-state index in [1.165, 1.54) is 11.3 Å². The molecule has 2 rings (SSSR count). The summed E-state index contributed by atoms with van der Waals surface area (Å²) in [7, 11) is 3.67. The molecule has 1 aromatic heterocycles. The van der Waals surface area contributed by atoms with E-state index in [4.69, 9.17) is 5.73 Å². The van der Waals surface area contributed by atoms with Gasteiger partial charge in [0.15, 0.2) is 0 Å². The third kappa shape index (κ3) is 2.96. The van der Waals surface area contributed by atoms with Crippen LogP contribution >= 0.6 is 11.3 Å². The summed E-state index contributed by atoms with van der Waals surface area (Å²) >= 11 is 1.31. The van der Waals surface area contributed by atoms with E-state index in [1.54, 1.807) is 7.05 Å². The van der Waals surface area contributed by atoms with Crippen LogP contribution in [0.1, 0.15) is 28.6 Å². The monoisotopic (exact) mass is 307 g/mol. The number of anilines is 2. The largest absolute Gasteiger partial charge is 0.396 e. The van der Waals surface area contributed by atoms with Crippen molar-refractivity contribution in [3.05, 3.63) is 10.4 Å². The molecule has 1 fully saturated rings. The lowest BCUT2D eigenvalue weighted by molar-refractivity contribution is 0.0968. The molecule has 1 atom stereocenters. The Morgan fingerprint density at radius 3 is 2.86 bits per heavy atom. The molecule has 0 aliphatic carbocycles. The second-order valence-corrected chi connectivity index (χ2v) is 6.37. The van der Waals surface area contributed by atoms with Crippen molar-refractivity contribution in [2.24, 2.45) is 0 Å². The van der Waals surface area contributed by atoms with Crippen molar-refractivity contribution in [2.75, 3.05) is 44.4 Å². The Kier molecular flexibility index (Phi) is 4.70. The Morgan fingerprint density at radius 1 is 1.52 bits per heavy atom. The maximum atomic E-state index is 11.9. The van der Waals surface area contributed by atoms with Gasteiger partial charge in [-0.15, -0.1) is 11.3 Å². The first kappa shape index (κ1) is 15.6. The van der Waals surface area contributed by atoms with Crippen LogP contribution in [0.2, 0.25) is 0 Å². The third-order valence-corrected chi connectivity index (χ3v) is 5.02. The number of carbonyl (C=O) groups is 1. The van der Waals surface area contributed by atoms with Gasteiger partial charge in [-0.05, 0) is 26.9 Å². The predicted octanol–water partition coefficient (Wildman–Crippen LogP) is 1.09. The number of thiophene rings is 1. The van der Waals surface area contributed by atoms with E-state index in [9.17, 15) is 10.1 Å². The summed E-state index contributed by atoms with van der Waals surface area (Å²) in [5.74, 6) is -0.236. The highest BCUT2D eigenvalue weighted by atomic mass is 32.1. The van der Waals surface area contributed by atoms with E-state index in [0.29, 0.717) is 16.1 Å². The van der Waals surface area contributed by atoms with Gasteiger partial charge in [0.05, 0.1) is 5.69 Å². The SMILES string of the molecule is CNC(=O)c1sc(N2CCCN(C)CC2C)c(C#N)c1N. The molecule has 0 radical (unpaired) electrons. The normalized spacial score (nSPS) is 19.9. The third-order valence-electron chi connectivity index (χ3n) is 3.78. The topological polar surface area (TPSA) is 85.4 Å². The summed E-state index contributed by atoms with van der Waals surface area (Å²) in [6, 6.07) is 2.44. The molecule has 114 valence electrons. The van der Waals surface area contributed by atoms with Crippen LogP contribution in [0.25, 0.3) is 0 Å². The lowest BCUT2D eigenvalue weighted by Crippen LogP contribution is -2.37. The van der Waals surface area contributed by atoms with Crippen molar-refractivity contribution < 1.29 is 4.79 Å². The smallest absolute Gasteiger partial charge is 0.263 e. The fourth-order valence-electron chi connectivity index (χ4n) is 2.70. The summed E-state index contributed by atoms with van der Waals surface area (Å²) in [6.07, 6.45) is 1.03. The van der Waals surface area contributed by atoms with E-state index in [0.717, 1.165) is 31.1 Å². The van der Waals surface area contributed by atoms with Crippen LogP contribution in [0.4, 0.5) is 10.7 Å². The number of nitriles is 1. The number of hydrogen-bond donors (Lipinski definition) is 2. The highest BCUT2D eigenvalue weighted by Crippen LogP contribution is 2.39. The van der Waals surface area contributed by atoms with Crippen LogP contribution in [0.15, 0.2) is 0 Å². The minimum absolute atomic E-state index is 0.236. The molecule has 21 heavy (non-hydrogen) atoms. The average molecular weight is 307 g/mol. The van der Waals surface area contributed by atoms with Gasteiger partial charge in [0.1, 0.15) is 21.5 Å². The van der Waals surface area contributed by atoms with Crippen LogP contribution in [0.3, 0.4) is 0 Å². The lowest BCUT2D eigenvalue weighted by Gasteiger charge is -2.29. The molecule has 0 spiro atoms. The van der Waals surface area contributed by atoms with Crippen LogP contribution < -0.4 is 16.0 Å². The number of amides is 1. The Bertz CT molecular complexity index is 577. The molecule has 2 heterocycles. The zero-order chi connectivity index (χ0) is 15.6. The molecular weight excluding hydrogens is 286 g/mol. The van der Waals surface area contributed by atoms with Gasteiger partial charge in [-0.3, -0.25) is 4.79 Å². The Labute approximate surface area is 129 Å². The number of nitrogen functional groups attached to an aromatic ring is 1. The van der Waals surface area contributed by atoms with E-state index < -0.39 is 0 Å². The molecular formula is C14H21N5OS. The number of nitrogens with one attached hydrogen (secondary N) is 1. The van der Waals surface area contributed by atoms with Crippen LogP contribution in [-0.4, -0.2) is 50.6 Å². The van der Waals surface area contributed by atoms with Crippen molar-refractivity contribution in [3.63, 3.8) is 0 Å². The van der Waals surface area contributed by atoms with Gasteiger partial charge in [-0.1, -0.05) is 0 Å². The average Bonchev–Trinajstić information content (AvgIpc) is 2.68. The first-order valence-corrected chi connectivity index (χ1v) is 7.80. The molecule has 6 nitrogen and oxygen atoms in total. The Balaban J connectivity index is 2.43. The Hall–Kier alpha value is -1.78. The maximum Gasteiger partial charge on any atom is 0.263 e. The second kappa shape index (κ2) is 6.33. The van der Waals surface area contributed by atoms with Crippen LogP contribution in [0, 0.1) is 11.3 Å². The molecule has 1 unspecified atom stereocenters. The van der Waals surface area contributed by atoms with E-state index in [1.807, 2.05) is 0 Å². The van der Waals surface area contributed by atoms with Gasteiger partial charge in [0.2, 0.25) is 0 Å². The zero-order valence-corrected chi connectivity index (χ0v) is 13.5. The minimum atomic E-state index is -0.236. The van der Waals surface area contributed by atoms with Crippen molar-refractivity contribution in [3.8, 4) is 6.07 Å². The van der Waals surface area contributed by atoms with Crippen LogP contribution in [0.5, 0.6) is 0 Å². The van der Waals surface area contributed by atoms with E-state index in [2.05, 4.69) is 35.2 Å². The quantitative estimate of drug-likeness (QED) is 0.854. The maximum absolute atomic E-state index is 11.9. The van der Waals surface area contributed by atoms with Crippen molar-refractivity contribution in [1.82, 2.24) is 10.2 Å². The van der Waals surface area contributed by atoms with Gasteiger partial charge < -0.3 is 20.9 Å². The zero-order valence-electron chi connectivity index (χ0n) is 12.6. The number of rotatable bonds is 2. The highest BCUT2D eigenvalue weighted by molar-refractivity contribution is 7.19. The molecule has 0 aromatic carbocycles. The molecule has 1 aliphatic heterocycles. The summed E-state index contributed by atoms with van der Waals surface area (Å²) in [5, 5.41) is 12.8. The van der Waals surface area contributed by atoms with Gasteiger partial charge >= 0.3 is 0 Å². The van der Waals surface area contributed by atoms with E-state index >= 15 is 0 Å². The summed E-state index contributed by atoms with van der Waals surface area (Å²) in [4.78, 5) is 16.8. The molecule has 1 amide bonds. The molecule has 1 aromatic rings. The number of hydrogen-bond acceptors (Lipinski definition) is 6. The molecule has 3 N–H and O–H groups in total. The molecule has 0 saturated carbocycles. The first-order chi connectivity index (χ1) is 9.99. The number of carbonyl (C=O) groups excluding carboxylic acids is 1. The number of nitrogens with two attached hydrogens (primary N) is 1. The molecule has 0 bridgehead atoms. The minimum Gasteiger partial charge on any atom is -0.396 e. The fraction of sp³-hybridized carbons (Fsp3) is 0.571. The standard InChI is InChI=1S/C14H21N5OS/c1-9-8-18(3)5-4-6-19(9)14-10(7-15)11(16)12(21-14)13(20)17-2/h9H,4-6,8,16H2,1-3H3,(H,17,20). The van der Waals surface area contributed by atoms with Crippen LogP contribution in [-0.2, 0) is 0 Å². The van der Waals surface area contributed by atoms with Gasteiger partial charge in [0.25, 0.3) is 5.91 Å².